The summed E-state index contributed by atoms with van der Waals surface area (Å²) in [6.07, 6.45) is 1.02. The SMILES string of the molecule is CNC(c1ccc2c(c1)CCO2)c1ccccc1C. The monoisotopic (exact) mass is 253 g/mol. The lowest BCUT2D eigenvalue weighted by Gasteiger charge is -2.20. The minimum atomic E-state index is 0.243. The van der Waals surface area contributed by atoms with Crippen LogP contribution in [0.5, 0.6) is 5.75 Å². The van der Waals surface area contributed by atoms with Crippen LogP contribution in [0.1, 0.15) is 28.3 Å². The second-order valence-electron chi connectivity index (χ2n) is 5.04. The molecule has 0 spiro atoms. The van der Waals surface area contributed by atoms with E-state index in [0.717, 1.165) is 18.8 Å². The molecule has 0 saturated carbocycles. The normalized spacial score (nSPS) is 14.8. The number of benzene rings is 2. The lowest BCUT2D eigenvalue weighted by atomic mass is 9.93. The molecule has 0 radical (unpaired) electrons. The van der Waals surface area contributed by atoms with Gasteiger partial charge < -0.3 is 10.1 Å². The zero-order valence-electron chi connectivity index (χ0n) is 11.4. The molecule has 2 aromatic carbocycles. The average Bonchev–Trinajstić information content (AvgIpc) is 2.89. The van der Waals surface area contributed by atoms with Gasteiger partial charge in [-0.25, -0.2) is 0 Å². The van der Waals surface area contributed by atoms with Crippen LogP contribution in [0.3, 0.4) is 0 Å². The van der Waals surface area contributed by atoms with Crippen LogP contribution in [0.15, 0.2) is 42.5 Å². The van der Waals surface area contributed by atoms with Crippen molar-refractivity contribution < 1.29 is 4.74 Å². The Morgan fingerprint density at radius 3 is 2.79 bits per heavy atom. The summed E-state index contributed by atoms with van der Waals surface area (Å²) in [5.74, 6) is 1.04. The van der Waals surface area contributed by atoms with Crippen molar-refractivity contribution in [1.29, 1.82) is 0 Å². The van der Waals surface area contributed by atoms with Gasteiger partial charge in [-0.2, -0.15) is 0 Å². The molecule has 1 aliphatic heterocycles. The van der Waals surface area contributed by atoms with Gasteiger partial charge in [0.05, 0.1) is 12.6 Å². The minimum Gasteiger partial charge on any atom is -0.493 e. The van der Waals surface area contributed by atoms with Gasteiger partial charge in [-0.15, -0.1) is 0 Å². The molecule has 0 bridgehead atoms. The molecule has 2 nitrogen and oxygen atoms in total. The van der Waals surface area contributed by atoms with Crippen molar-refractivity contribution in [3.8, 4) is 5.75 Å². The number of hydrogen-bond donors (Lipinski definition) is 1. The Labute approximate surface area is 114 Å². The first-order chi connectivity index (χ1) is 9.29. The van der Waals surface area contributed by atoms with Gasteiger partial charge >= 0.3 is 0 Å². The van der Waals surface area contributed by atoms with Crippen LogP contribution >= 0.6 is 0 Å². The first-order valence-electron chi connectivity index (χ1n) is 6.78. The number of hydrogen-bond acceptors (Lipinski definition) is 2. The van der Waals surface area contributed by atoms with Crippen LogP contribution in [-0.2, 0) is 6.42 Å². The second kappa shape index (κ2) is 5.06. The van der Waals surface area contributed by atoms with Crippen LogP contribution in [-0.4, -0.2) is 13.7 Å². The highest BCUT2D eigenvalue weighted by atomic mass is 16.5. The standard InChI is InChI=1S/C17H19NO/c1-12-5-3-4-6-15(12)17(18-2)14-7-8-16-13(11-14)9-10-19-16/h3-8,11,17-18H,9-10H2,1-2H3. The number of ether oxygens (including phenoxy) is 1. The highest BCUT2D eigenvalue weighted by molar-refractivity contribution is 5.44. The molecule has 1 heterocycles. The molecule has 3 rings (SSSR count). The molecule has 1 atom stereocenters. The highest BCUT2D eigenvalue weighted by Gasteiger charge is 2.18. The summed E-state index contributed by atoms with van der Waals surface area (Å²) < 4.78 is 5.58. The van der Waals surface area contributed by atoms with Crippen LogP contribution in [0.2, 0.25) is 0 Å². The molecule has 1 unspecified atom stereocenters. The van der Waals surface area contributed by atoms with E-state index in [-0.39, 0.29) is 6.04 Å². The first-order valence-corrected chi connectivity index (χ1v) is 6.78. The molecular weight excluding hydrogens is 234 g/mol. The second-order valence-corrected chi connectivity index (χ2v) is 5.04. The summed E-state index contributed by atoms with van der Waals surface area (Å²) >= 11 is 0. The maximum absolute atomic E-state index is 5.58. The Kier molecular flexibility index (Phi) is 3.26. The topological polar surface area (TPSA) is 21.3 Å². The maximum atomic E-state index is 5.58. The highest BCUT2D eigenvalue weighted by Crippen LogP contribution is 2.31. The van der Waals surface area contributed by atoms with Crippen molar-refractivity contribution in [2.75, 3.05) is 13.7 Å². The number of rotatable bonds is 3. The molecule has 0 amide bonds. The third-order valence-corrected chi connectivity index (χ3v) is 3.83. The van der Waals surface area contributed by atoms with Gasteiger partial charge in [-0.3, -0.25) is 0 Å². The zero-order valence-corrected chi connectivity index (χ0v) is 11.4. The summed E-state index contributed by atoms with van der Waals surface area (Å²) in [6, 6.07) is 15.3. The zero-order chi connectivity index (χ0) is 13.2. The van der Waals surface area contributed by atoms with Gasteiger partial charge in [0.1, 0.15) is 5.75 Å². The van der Waals surface area contributed by atoms with Gasteiger partial charge in [-0.1, -0.05) is 36.4 Å². The van der Waals surface area contributed by atoms with E-state index in [2.05, 4.69) is 54.7 Å². The molecule has 0 saturated heterocycles. The predicted molar refractivity (Wildman–Crippen MR) is 77.7 cm³/mol. The van der Waals surface area contributed by atoms with E-state index in [9.17, 15) is 0 Å². The smallest absolute Gasteiger partial charge is 0.122 e. The Balaban J connectivity index is 2.01. The van der Waals surface area contributed by atoms with Crippen molar-refractivity contribution in [3.05, 3.63) is 64.7 Å². The Morgan fingerprint density at radius 1 is 1.16 bits per heavy atom. The average molecular weight is 253 g/mol. The van der Waals surface area contributed by atoms with E-state index in [0.29, 0.717) is 0 Å². The fraction of sp³-hybridized carbons (Fsp3) is 0.294. The number of aryl methyl sites for hydroxylation is 1. The van der Waals surface area contributed by atoms with E-state index in [1.807, 2.05) is 7.05 Å². The van der Waals surface area contributed by atoms with E-state index in [1.54, 1.807) is 0 Å². The van der Waals surface area contributed by atoms with Gasteiger partial charge in [0.2, 0.25) is 0 Å². The molecule has 2 heteroatoms. The maximum Gasteiger partial charge on any atom is 0.122 e. The van der Waals surface area contributed by atoms with Crippen molar-refractivity contribution >= 4 is 0 Å². The molecule has 0 fully saturated rings. The van der Waals surface area contributed by atoms with E-state index >= 15 is 0 Å². The quantitative estimate of drug-likeness (QED) is 0.906. The summed E-state index contributed by atoms with van der Waals surface area (Å²) in [5, 5.41) is 3.43. The van der Waals surface area contributed by atoms with Gasteiger partial charge in [0, 0.05) is 6.42 Å². The Bertz CT molecular complexity index is 592. The third-order valence-electron chi connectivity index (χ3n) is 3.83. The largest absolute Gasteiger partial charge is 0.493 e. The molecular formula is C17H19NO. The van der Waals surface area contributed by atoms with E-state index in [1.165, 1.54) is 22.3 Å². The molecule has 98 valence electrons. The number of nitrogens with one attached hydrogen (secondary N) is 1. The number of fused-ring (bicyclic) bond motifs is 1. The lowest BCUT2D eigenvalue weighted by Crippen LogP contribution is -2.18. The van der Waals surface area contributed by atoms with Gasteiger partial charge in [0.25, 0.3) is 0 Å². The summed E-state index contributed by atoms with van der Waals surface area (Å²) in [6.45, 7) is 2.98. The van der Waals surface area contributed by atoms with Crippen molar-refractivity contribution in [1.82, 2.24) is 5.32 Å². The Morgan fingerprint density at radius 2 is 2.00 bits per heavy atom. The van der Waals surface area contributed by atoms with Gasteiger partial charge in [-0.05, 0) is 42.3 Å². The first kappa shape index (κ1) is 12.2. The minimum absolute atomic E-state index is 0.243. The van der Waals surface area contributed by atoms with Crippen molar-refractivity contribution in [2.24, 2.45) is 0 Å². The lowest BCUT2D eigenvalue weighted by molar-refractivity contribution is 0.357. The fourth-order valence-electron chi connectivity index (χ4n) is 2.80. The molecule has 0 aromatic heterocycles. The molecule has 1 N–H and O–H groups in total. The fourth-order valence-corrected chi connectivity index (χ4v) is 2.80. The molecule has 19 heavy (non-hydrogen) atoms. The van der Waals surface area contributed by atoms with E-state index in [4.69, 9.17) is 4.74 Å². The molecule has 2 aromatic rings. The van der Waals surface area contributed by atoms with Crippen LogP contribution in [0, 0.1) is 6.92 Å². The van der Waals surface area contributed by atoms with Crippen LogP contribution in [0.25, 0.3) is 0 Å². The van der Waals surface area contributed by atoms with Gasteiger partial charge in [0.15, 0.2) is 0 Å². The third kappa shape index (κ3) is 2.24. The summed E-state index contributed by atoms with van der Waals surface area (Å²) in [5.41, 5.74) is 5.29. The molecule has 1 aliphatic rings. The van der Waals surface area contributed by atoms with Crippen LogP contribution < -0.4 is 10.1 Å². The van der Waals surface area contributed by atoms with Crippen molar-refractivity contribution in [2.45, 2.75) is 19.4 Å². The summed E-state index contributed by atoms with van der Waals surface area (Å²) in [4.78, 5) is 0. The Hall–Kier alpha value is -1.80. The summed E-state index contributed by atoms with van der Waals surface area (Å²) in [7, 11) is 2.01. The predicted octanol–water partition coefficient (Wildman–Crippen LogP) is 3.24. The molecule has 0 aliphatic carbocycles. The van der Waals surface area contributed by atoms with Crippen LogP contribution in [0.4, 0.5) is 0 Å². The van der Waals surface area contributed by atoms with E-state index < -0.39 is 0 Å². The van der Waals surface area contributed by atoms with Crippen molar-refractivity contribution in [3.63, 3.8) is 0 Å².